The number of rotatable bonds is 0. The Kier molecular flexibility index (Phi) is 2.44. The van der Waals surface area contributed by atoms with Gasteiger partial charge >= 0.3 is 0 Å². The van der Waals surface area contributed by atoms with E-state index in [0.717, 1.165) is 5.57 Å². The number of benzene rings is 1. The Morgan fingerprint density at radius 2 is 1.50 bits per heavy atom. The molecule has 1 aromatic carbocycles. The topological polar surface area (TPSA) is 18.5 Å². The van der Waals surface area contributed by atoms with Crippen LogP contribution >= 0.6 is 0 Å². The molecule has 1 heterocycles. The van der Waals surface area contributed by atoms with Crippen molar-refractivity contribution in [3.8, 4) is 0 Å². The summed E-state index contributed by atoms with van der Waals surface area (Å²) < 4.78 is 11.1. The Hall–Kier alpha value is -1.44. The van der Waals surface area contributed by atoms with Gasteiger partial charge in [-0.05, 0) is 25.0 Å². The second kappa shape index (κ2) is 3.74. The van der Waals surface area contributed by atoms with Crippen LogP contribution in [-0.4, -0.2) is 0 Å². The van der Waals surface area contributed by atoms with Gasteiger partial charge in [0.2, 0.25) is 0 Å². The third-order valence-corrected chi connectivity index (χ3v) is 2.24. The summed E-state index contributed by atoms with van der Waals surface area (Å²) in [5.41, 5.74) is 3.50. The molecule has 2 nitrogen and oxygen atoms in total. The molecule has 0 fully saturated rings. The summed E-state index contributed by atoms with van der Waals surface area (Å²) in [6.45, 7) is 5.20. The van der Waals surface area contributed by atoms with Crippen molar-refractivity contribution in [3.63, 3.8) is 0 Å². The van der Waals surface area contributed by atoms with E-state index in [1.54, 1.807) is 0 Å². The fourth-order valence-corrected chi connectivity index (χ4v) is 1.46. The van der Waals surface area contributed by atoms with Gasteiger partial charge in [-0.3, -0.25) is 0 Å². The molecule has 1 aliphatic rings. The average Bonchev–Trinajstić information content (AvgIpc) is 2.39. The molecule has 2 rings (SSSR count). The number of allylic oxidation sites excluding steroid dienone is 1. The highest BCUT2D eigenvalue weighted by Gasteiger charge is 2.12. The molecule has 14 heavy (non-hydrogen) atoms. The molecule has 0 saturated carbocycles. The van der Waals surface area contributed by atoms with Gasteiger partial charge in [-0.1, -0.05) is 24.3 Å². The van der Waals surface area contributed by atoms with Gasteiger partial charge in [-0.2, -0.15) is 0 Å². The highest BCUT2D eigenvalue weighted by Crippen LogP contribution is 2.21. The molecule has 0 saturated heterocycles. The van der Waals surface area contributed by atoms with Crippen LogP contribution in [0.2, 0.25) is 0 Å². The molecule has 0 amide bonds. The molecule has 0 bridgehead atoms. The quantitative estimate of drug-likeness (QED) is 0.626. The second-order valence-electron chi connectivity index (χ2n) is 3.63. The maximum absolute atomic E-state index is 5.55. The second-order valence-corrected chi connectivity index (χ2v) is 3.63. The van der Waals surface area contributed by atoms with Gasteiger partial charge in [0.15, 0.2) is 0 Å². The Bertz CT molecular complexity index is 333. The number of hydrogen-bond acceptors (Lipinski definition) is 2. The van der Waals surface area contributed by atoms with Crippen molar-refractivity contribution >= 4 is 0 Å². The largest absolute Gasteiger partial charge is 0.461 e. The minimum Gasteiger partial charge on any atom is -0.461 e. The molecular formula is C12H14O2. The lowest BCUT2D eigenvalue weighted by molar-refractivity contribution is 0.0283. The highest BCUT2D eigenvalue weighted by atomic mass is 16.7. The molecule has 0 unspecified atom stereocenters. The smallest absolute Gasteiger partial charge is 0.278 e. The lowest BCUT2D eigenvalue weighted by Gasteiger charge is -2.07. The van der Waals surface area contributed by atoms with E-state index in [1.807, 2.05) is 26.0 Å². The van der Waals surface area contributed by atoms with E-state index < -0.39 is 0 Å². The molecule has 74 valence electrons. The van der Waals surface area contributed by atoms with Gasteiger partial charge in [-0.25, -0.2) is 0 Å². The first-order valence-corrected chi connectivity index (χ1v) is 4.77. The van der Waals surface area contributed by atoms with Crippen LogP contribution < -0.4 is 0 Å². The average molecular weight is 190 g/mol. The van der Waals surface area contributed by atoms with E-state index in [2.05, 4.69) is 12.1 Å². The first-order valence-electron chi connectivity index (χ1n) is 4.77. The van der Waals surface area contributed by atoms with Crippen molar-refractivity contribution in [1.29, 1.82) is 0 Å². The maximum atomic E-state index is 5.55. The summed E-state index contributed by atoms with van der Waals surface area (Å²) in [6, 6.07) is 8.20. The predicted octanol–water partition coefficient (Wildman–Crippen LogP) is 2.98. The van der Waals surface area contributed by atoms with E-state index in [-0.39, 0.29) is 0 Å². The molecule has 1 aliphatic heterocycles. The molecule has 1 aromatic rings. The Morgan fingerprint density at radius 3 is 1.93 bits per heavy atom. The van der Waals surface area contributed by atoms with E-state index in [1.165, 1.54) is 11.1 Å². The first kappa shape index (κ1) is 9.13. The summed E-state index contributed by atoms with van der Waals surface area (Å²) in [5, 5.41) is 0. The summed E-state index contributed by atoms with van der Waals surface area (Å²) in [7, 11) is 0. The Balaban J connectivity index is 2.26. The third-order valence-electron chi connectivity index (χ3n) is 2.24. The zero-order chi connectivity index (χ0) is 9.97. The zero-order valence-electron chi connectivity index (χ0n) is 8.54. The Morgan fingerprint density at radius 1 is 1.00 bits per heavy atom. The number of ether oxygens (including phenoxy) is 2. The van der Waals surface area contributed by atoms with Crippen LogP contribution in [0.4, 0.5) is 0 Å². The fraction of sp³-hybridized carbons (Fsp3) is 0.333. The minimum atomic E-state index is 0.608. The summed E-state index contributed by atoms with van der Waals surface area (Å²) in [6.07, 6.45) is 0. The van der Waals surface area contributed by atoms with Crippen LogP contribution in [0.5, 0.6) is 0 Å². The van der Waals surface area contributed by atoms with Crippen molar-refractivity contribution in [2.45, 2.75) is 27.1 Å². The third kappa shape index (κ3) is 1.74. The van der Waals surface area contributed by atoms with Crippen molar-refractivity contribution in [1.82, 2.24) is 0 Å². The molecule has 0 radical (unpaired) electrons. The van der Waals surface area contributed by atoms with E-state index in [0.29, 0.717) is 19.2 Å². The van der Waals surface area contributed by atoms with E-state index in [9.17, 15) is 0 Å². The van der Waals surface area contributed by atoms with Gasteiger partial charge < -0.3 is 9.47 Å². The van der Waals surface area contributed by atoms with E-state index >= 15 is 0 Å². The predicted molar refractivity (Wildman–Crippen MR) is 54.4 cm³/mol. The van der Waals surface area contributed by atoms with Crippen LogP contribution in [0.15, 0.2) is 35.8 Å². The Labute approximate surface area is 84.2 Å². The number of hydrogen-bond donors (Lipinski definition) is 0. The van der Waals surface area contributed by atoms with Gasteiger partial charge in [0.25, 0.3) is 5.95 Å². The minimum absolute atomic E-state index is 0.608. The van der Waals surface area contributed by atoms with E-state index in [4.69, 9.17) is 9.47 Å². The zero-order valence-corrected chi connectivity index (χ0v) is 8.54. The van der Waals surface area contributed by atoms with Gasteiger partial charge in [0, 0.05) is 5.57 Å². The number of fused-ring (bicyclic) bond motifs is 1. The van der Waals surface area contributed by atoms with Crippen molar-refractivity contribution < 1.29 is 9.47 Å². The van der Waals surface area contributed by atoms with Crippen LogP contribution in [0, 0.1) is 0 Å². The van der Waals surface area contributed by atoms with Crippen molar-refractivity contribution in [2.75, 3.05) is 0 Å². The van der Waals surface area contributed by atoms with Crippen molar-refractivity contribution in [2.24, 2.45) is 0 Å². The molecule has 0 atom stereocenters. The molecule has 0 spiro atoms. The lowest BCUT2D eigenvalue weighted by Crippen LogP contribution is -1.94. The highest BCUT2D eigenvalue weighted by molar-refractivity contribution is 5.26. The summed E-state index contributed by atoms with van der Waals surface area (Å²) in [4.78, 5) is 0. The van der Waals surface area contributed by atoms with Crippen LogP contribution in [0.3, 0.4) is 0 Å². The molecule has 0 aliphatic carbocycles. The summed E-state index contributed by atoms with van der Waals surface area (Å²) >= 11 is 0. The molecule has 0 N–H and O–H groups in total. The van der Waals surface area contributed by atoms with Gasteiger partial charge in [0.1, 0.15) is 13.2 Å². The summed E-state index contributed by atoms with van der Waals surface area (Å²) in [5.74, 6) is 0.668. The SMILES string of the molecule is CC(C)=C1OCc2ccccc2CO1. The monoisotopic (exact) mass is 190 g/mol. The van der Waals surface area contributed by atoms with Crippen LogP contribution in [0.25, 0.3) is 0 Å². The molecular weight excluding hydrogens is 176 g/mol. The van der Waals surface area contributed by atoms with Crippen molar-refractivity contribution in [3.05, 3.63) is 46.9 Å². The van der Waals surface area contributed by atoms with Gasteiger partial charge in [-0.15, -0.1) is 0 Å². The fourth-order valence-electron chi connectivity index (χ4n) is 1.46. The maximum Gasteiger partial charge on any atom is 0.278 e. The first-order chi connectivity index (χ1) is 6.77. The van der Waals surface area contributed by atoms with Crippen LogP contribution in [-0.2, 0) is 22.7 Å². The van der Waals surface area contributed by atoms with Gasteiger partial charge in [0.05, 0.1) is 0 Å². The van der Waals surface area contributed by atoms with Crippen LogP contribution in [0.1, 0.15) is 25.0 Å². The normalized spacial score (nSPS) is 14.9. The standard InChI is InChI=1S/C12H14O2/c1-9(2)12-13-7-10-5-3-4-6-11(10)8-14-12/h3-6H,7-8H2,1-2H3. The molecule has 0 aromatic heterocycles. The lowest BCUT2D eigenvalue weighted by atomic mass is 10.1. The molecule has 2 heteroatoms.